The minimum absolute atomic E-state index is 0.205. The molecule has 0 aliphatic rings. The molecule has 34 heavy (non-hydrogen) atoms. The maximum Gasteiger partial charge on any atom is 0.319 e. The molecule has 1 heterocycles. The van der Waals surface area contributed by atoms with Crippen LogP contribution in [0, 0.1) is 5.82 Å². The van der Waals surface area contributed by atoms with Gasteiger partial charge >= 0.3 is 6.03 Å². The van der Waals surface area contributed by atoms with Crippen LogP contribution in [0.1, 0.15) is 5.56 Å². The molecular weight excluding hydrogens is 457 g/mol. The summed E-state index contributed by atoms with van der Waals surface area (Å²) in [5.41, 5.74) is 9.41. The number of para-hydroxylation sites is 1. The van der Waals surface area contributed by atoms with Crippen LogP contribution in [0.2, 0.25) is 5.02 Å². The Morgan fingerprint density at radius 3 is 2.50 bits per heavy atom. The number of rotatable bonds is 7. The molecule has 0 bridgehead atoms. The lowest BCUT2D eigenvalue weighted by Gasteiger charge is -2.11. The zero-order chi connectivity index (χ0) is 24.1. The number of anilines is 2. The highest BCUT2D eigenvalue weighted by Gasteiger charge is 2.20. The number of nitrogens with two attached hydrogens (primary N) is 1. The molecule has 3 aromatic carbocycles. The number of ether oxygens (including phenoxy) is 1. The van der Waals surface area contributed by atoms with Gasteiger partial charge in [-0.05, 0) is 54.4 Å². The number of hydrogen-bond donors (Lipinski definition) is 3. The van der Waals surface area contributed by atoms with Crippen molar-refractivity contribution >= 4 is 29.1 Å². The van der Waals surface area contributed by atoms with Gasteiger partial charge in [-0.2, -0.15) is 5.10 Å². The predicted molar refractivity (Wildman–Crippen MR) is 132 cm³/mol. The molecule has 2 amide bonds. The van der Waals surface area contributed by atoms with Gasteiger partial charge in [0.25, 0.3) is 0 Å². The van der Waals surface area contributed by atoms with Crippen LogP contribution in [0.25, 0.3) is 16.9 Å². The molecule has 0 fully saturated rings. The molecule has 0 atom stereocenters. The van der Waals surface area contributed by atoms with E-state index in [1.54, 1.807) is 43.5 Å². The van der Waals surface area contributed by atoms with Crippen molar-refractivity contribution in [2.45, 2.75) is 6.42 Å². The van der Waals surface area contributed by atoms with Crippen LogP contribution in [-0.2, 0) is 6.42 Å². The van der Waals surface area contributed by atoms with Gasteiger partial charge in [-0.25, -0.2) is 13.9 Å². The Morgan fingerprint density at radius 1 is 1.09 bits per heavy atom. The first-order valence-electron chi connectivity index (χ1n) is 10.5. The predicted octanol–water partition coefficient (Wildman–Crippen LogP) is 5.29. The van der Waals surface area contributed by atoms with Crippen LogP contribution in [0.4, 0.5) is 20.7 Å². The SMILES string of the molecule is COc1ccccc1CCNC(=O)Nc1c(-c2ccc(Cl)cc2)nn(-c2ccc(F)cc2)c1N. The van der Waals surface area contributed by atoms with E-state index in [9.17, 15) is 9.18 Å². The molecule has 0 aliphatic carbocycles. The number of halogens is 2. The monoisotopic (exact) mass is 479 g/mol. The highest BCUT2D eigenvalue weighted by Crippen LogP contribution is 2.34. The van der Waals surface area contributed by atoms with Gasteiger partial charge in [0.1, 0.15) is 22.9 Å². The van der Waals surface area contributed by atoms with Gasteiger partial charge in [0, 0.05) is 17.1 Å². The van der Waals surface area contributed by atoms with Crippen molar-refractivity contribution in [3.05, 3.63) is 89.2 Å². The van der Waals surface area contributed by atoms with Crippen LogP contribution < -0.4 is 21.1 Å². The number of hydrogen-bond acceptors (Lipinski definition) is 4. The van der Waals surface area contributed by atoms with E-state index < -0.39 is 6.03 Å². The van der Waals surface area contributed by atoms with Crippen molar-refractivity contribution in [3.8, 4) is 22.7 Å². The zero-order valence-corrected chi connectivity index (χ0v) is 19.1. The molecular formula is C25H23ClFN5O2. The standard InChI is InChI=1S/C25H23ClFN5O2/c1-34-21-5-3-2-4-16(21)14-15-29-25(33)30-23-22(17-6-8-18(26)9-7-17)31-32(24(23)28)20-12-10-19(27)11-13-20/h2-13H,14-15,28H2,1H3,(H2,29,30,33). The average molecular weight is 480 g/mol. The van der Waals surface area contributed by atoms with Crippen LogP contribution in [0.3, 0.4) is 0 Å². The van der Waals surface area contributed by atoms with Gasteiger partial charge in [0.05, 0.1) is 12.8 Å². The van der Waals surface area contributed by atoms with Crippen molar-refractivity contribution in [2.24, 2.45) is 0 Å². The maximum atomic E-state index is 13.4. The van der Waals surface area contributed by atoms with Crippen molar-refractivity contribution in [1.29, 1.82) is 0 Å². The third-order valence-corrected chi connectivity index (χ3v) is 5.47. The second-order valence-corrected chi connectivity index (χ2v) is 7.88. The topological polar surface area (TPSA) is 94.2 Å². The van der Waals surface area contributed by atoms with Crippen molar-refractivity contribution in [2.75, 3.05) is 24.7 Å². The zero-order valence-electron chi connectivity index (χ0n) is 18.4. The quantitative estimate of drug-likeness (QED) is 0.336. The van der Waals surface area contributed by atoms with E-state index in [0.717, 1.165) is 11.3 Å². The minimum Gasteiger partial charge on any atom is -0.496 e. The van der Waals surface area contributed by atoms with Gasteiger partial charge in [0.15, 0.2) is 5.82 Å². The fourth-order valence-electron chi connectivity index (χ4n) is 3.52. The number of nitrogen functional groups attached to an aromatic ring is 1. The first-order valence-corrected chi connectivity index (χ1v) is 10.9. The molecule has 0 saturated carbocycles. The lowest BCUT2D eigenvalue weighted by atomic mass is 10.1. The second kappa shape index (κ2) is 10.3. The molecule has 0 spiro atoms. The third-order valence-electron chi connectivity index (χ3n) is 5.22. The van der Waals surface area contributed by atoms with Gasteiger partial charge in [-0.3, -0.25) is 0 Å². The second-order valence-electron chi connectivity index (χ2n) is 7.45. The number of methoxy groups -OCH3 is 1. The summed E-state index contributed by atoms with van der Waals surface area (Å²) in [6, 6.07) is 19.9. The molecule has 4 N–H and O–H groups in total. The lowest BCUT2D eigenvalue weighted by Crippen LogP contribution is -2.30. The Bertz CT molecular complexity index is 1290. The van der Waals surface area contributed by atoms with Gasteiger partial charge in [-0.15, -0.1) is 0 Å². The van der Waals surface area contributed by atoms with Crippen molar-refractivity contribution in [1.82, 2.24) is 15.1 Å². The third kappa shape index (κ3) is 5.13. The maximum absolute atomic E-state index is 13.4. The van der Waals surface area contributed by atoms with Gasteiger partial charge in [-0.1, -0.05) is 41.9 Å². The summed E-state index contributed by atoms with van der Waals surface area (Å²) in [6.45, 7) is 0.383. The Labute approximate surface area is 201 Å². The van der Waals surface area contributed by atoms with Crippen LogP contribution >= 0.6 is 11.6 Å². The molecule has 4 aromatic rings. The van der Waals surface area contributed by atoms with E-state index in [-0.39, 0.29) is 11.6 Å². The Kier molecular flexibility index (Phi) is 6.98. The average Bonchev–Trinajstić information content (AvgIpc) is 3.16. The molecule has 9 heteroatoms. The van der Waals surface area contributed by atoms with Crippen LogP contribution in [-0.4, -0.2) is 29.5 Å². The van der Waals surface area contributed by atoms with Crippen molar-refractivity contribution < 1.29 is 13.9 Å². The number of nitrogens with one attached hydrogen (secondary N) is 2. The number of urea groups is 1. The molecule has 174 valence electrons. The first kappa shape index (κ1) is 23.1. The smallest absolute Gasteiger partial charge is 0.319 e. The number of aromatic nitrogens is 2. The highest BCUT2D eigenvalue weighted by atomic mass is 35.5. The molecule has 0 aliphatic heterocycles. The fraction of sp³-hybridized carbons (Fsp3) is 0.120. The summed E-state index contributed by atoms with van der Waals surface area (Å²) in [5.74, 6) is 0.594. The lowest BCUT2D eigenvalue weighted by molar-refractivity contribution is 0.252. The largest absolute Gasteiger partial charge is 0.496 e. The molecule has 1 aromatic heterocycles. The van der Waals surface area contributed by atoms with E-state index >= 15 is 0 Å². The van der Waals surface area contributed by atoms with Gasteiger partial charge in [0.2, 0.25) is 0 Å². The van der Waals surface area contributed by atoms with E-state index in [2.05, 4.69) is 15.7 Å². The van der Waals surface area contributed by atoms with E-state index in [4.69, 9.17) is 22.1 Å². The normalized spacial score (nSPS) is 10.7. The number of nitrogens with zero attached hydrogens (tertiary/aromatic N) is 2. The highest BCUT2D eigenvalue weighted by molar-refractivity contribution is 6.30. The van der Waals surface area contributed by atoms with E-state index in [0.29, 0.717) is 40.6 Å². The molecule has 0 saturated heterocycles. The number of amides is 2. The number of carbonyl (C=O) groups excluding carboxylic acids is 1. The van der Waals surface area contributed by atoms with Crippen molar-refractivity contribution in [3.63, 3.8) is 0 Å². The van der Waals surface area contributed by atoms with Crippen LogP contribution in [0.5, 0.6) is 5.75 Å². The molecule has 0 unspecified atom stereocenters. The Balaban J connectivity index is 1.57. The summed E-state index contributed by atoms with van der Waals surface area (Å²) in [5, 5.41) is 10.8. The Hall–Kier alpha value is -4.04. The summed E-state index contributed by atoms with van der Waals surface area (Å²) >= 11 is 6.03. The minimum atomic E-state index is -0.435. The summed E-state index contributed by atoms with van der Waals surface area (Å²) in [6.07, 6.45) is 0.589. The van der Waals surface area contributed by atoms with E-state index in [1.807, 2.05) is 24.3 Å². The molecule has 0 radical (unpaired) electrons. The molecule has 7 nitrogen and oxygen atoms in total. The van der Waals surface area contributed by atoms with E-state index in [1.165, 1.54) is 16.8 Å². The number of carbonyl (C=O) groups is 1. The Morgan fingerprint density at radius 2 is 1.79 bits per heavy atom. The number of benzene rings is 3. The summed E-state index contributed by atoms with van der Waals surface area (Å²) < 4.78 is 20.2. The first-order chi connectivity index (χ1) is 16.5. The molecule has 4 rings (SSSR count). The summed E-state index contributed by atoms with van der Waals surface area (Å²) in [7, 11) is 1.61. The van der Waals surface area contributed by atoms with Gasteiger partial charge < -0.3 is 21.1 Å². The fourth-order valence-corrected chi connectivity index (χ4v) is 3.65. The summed E-state index contributed by atoms with van der Waals surface area (Å²) in [4.78, 5) is 12.7. The van der Waals surface area contributed by atoms with Crippen LogP contribution in [0.15, 0.2) is 72.8 Å².